The largest absolute Gasteiger partial charge is 0.481 e. The molecular formula is C15H18N6O. The molecule has 0 aromatic carbocycles. The second-order valence-corrected chi connectivity index (χ2v) is 4.73. The highest BCUT2D eigenvalue weighted by Gasteiger charge is 2.13. The van der Waals surface area contributed by atoms with Crippen molar-refractivity contribution in [1.82, 2.24) is 24.9 Å². The van der Waals surface area contributed by atoms with E-state index in [-0.39, 0.29) is 0 Å². The minimum Gasteiger partial charge on any atom is -0.481 e. The van der Waals surface area contributed by atoms with E-state index in [0.29, 0.717) is 5.88 Å². The molecule has 22 heavy (non-hydrogen) atoms. The Hall–Kier alpha value is -2.67. The summed E-state index contributed by atoms with van der Waals surface area (Å²) in [6.45, 7) is 1.68. The number of nitrogens with one attached hydrogen (secondary N) is 2. The molecule has 3 aromatic heterocycles. The van der Waals surface area contributed by atoms with Crippen LogP contribution in [0.15, 0.2) is 36.8 Å². The molecule has 2 N–H and O–H groups in total. The summed E-state index contributed by atoms with van der Waals surface area (Å²) in [4.78, 5) is 8.87. The van der Waals surface area contributed by atoms with Gasteiger partial charge in [-0.05, 0) is 25.2 Å². The van der Waals surface area contributed by atoms with E-state index in [9.17, 15) is 0 Å². The average Bonchev–Trinajstić information content (AvgIpc) is 2.98. The van der Waals surface area contributed by atoms with Crippen LogP contribution >= 0.6 is 0 Å². The molecule has 0 saturated carbocycles. The summed E-state index contributed by atoms with van der Waals surface area (Å²) in [5, 5.41) is 10.7. The fourth-order valence-corrected chi connectivity index (χ4v) is 2.23. The van der Waals surface area contributed by atoms with Gasteiger partial charge >= 0.3 is 0 Å². The quantitative estimate of drug-likeness (QED) is 0.671. The molecule has 0 saturated heterocycles. The number of likely N-dealkylation sites (N-methyl/N-ethyl adjacent to an activating group) is 1. The van der Waals surface area contributed by atoms with Gasteiger partial charge < -0.3 is 15.4 Å². The fraction of sp³-hybridized carbons (Fsp3) is 0.267. The second kappa shape index (κ2) is 6.40. The summed E-state index contributed by atoms with van der Waals surface area (Å²) >= 11 is 0. The molecule has 0 atom stereocenters. The number of methoxy groups -OCH3 is 1. The van der Waals surface area contributed by atoms with Gasteiger partial charge in [-0.15, -0.1) is 0 Å². The van der Waals surface area contributed by atoms with Crippen molar-refractivity contribution in [2.24, 2.45) is 0 Å². The van der Waals surface area contributed by atoms with E-state index >= 15 is 0 Å². The molecule has 3 heterocycles. The van der Waals surface area contributed by atoms with Crippen LogP contribution < -0.4 is 15.4 Å². The van der Waals surface area contributed by atoms with Crippen molar-refractivity contribution in [1.29, 1.82) is 0 Å². The number of fused-ring (bicyclic) bond motifs is 1. The third-order valence-electron chi connectivity index (χ3n) is 3.30. The van der Waals surface area contributed by atoms with Gasteiger partial charge in [0, 0.05) is 31.0 Å². The molecule has 0 aliphatic rings. The number of ether oxygens (including phenoxy) is 1. The summed E-state index contributed by atoms with van der Waals surface area (Å²) in [5.74, 6) is 1.38. The standard InChI is InChI=1S/C15H18N6O/c1-16-7-8-17-13-5-9-21-14(20-13)12(10-19-21)11-4-3-6-18-15(11)22-2/h3-6,9-10,16H,7-8H2,1-2H3,(H,17,20). The fourth-order valence-electron chi connectivity index (χ4n) is 2.23. The smallest absolute Gasteiger partial charge is 0.221 e. The molecule has 0 bridgehead atoms. The Bertz CT molecular complexity index is 770. The molecule has 7 heteroatoms. The Labute approximate surface area is 128 Å². The maximum absolute atomic E-state index is 5.33. The first-order valence-electron chi connectivity index (χ1n) is 7.05. The van der Waals surface area contributed by atoms with Gasteiger partial charge in [-0.2, -0.15) is 5.10 Å². The lowest BCUT2D eigenvalue weighted by Crippen LogP contribution is -2.18. The minimum absolute atomic E-state index is 0.563. The van der Waals surface area contributed by atoms with E-state index in [1.165, 1.54) is 0 Å². The van der Waals surface area contributed by atoms with Crippen LogP contribution in [0.2, 0.25) is 0 Å². The number of pyridine rings is 1. The Morgan fingerprint density at radius 3 is 2.95 bits per heavy atom. The number of hydrogen-bond donors (Lipinski definition) is 2. The molecule has 0 fully saturated rings. The lowest BCUT2D eigenvalue weighted by atomic mass is 10.1. The van der Waals surface area contributed by atoms with Crippen molar-refractivity contribution < 1.29 is 4.74 Å². The van der Waals surface area contributed by atoms with E-state index in [2.05, 4.69) is 25.7 Å². The Morgan fingerprint density at radius 1 is 1.23 bits per heavy atom. The van der Waals surface area contributed by atoms with E-state index < -0.39 is 0 Å². The van der Waals surface area contributed by atoms with Crippen LogP contribution in [0.3, 0.4) is 0 Å². The van der Waals surface area contributed by atoms with Crippen molar-refractivity contribution in [3.05, 3.63) is 36.8 Å². The van der Waals surface area contributed by atoms with Gasteiger partial charge in [-0.25, -0.2) is 14.5 Å². The van der Waals surface area contributed by atoms with Crippen LogP contribution in [0, 0.1) is 0 Å². The highest BCUT2D eigenvalue weighted by molar-refractivity contribution is 5.80. The Morgan fingerprint density at radius 2 is 2.14 bits per heavy atom. The van der Waals surface area contributed by atoms with E-state index in [4.69, 9.17) is 4.74 Å². The molecule has 0 unspecified atom stereocenters. The Balaban J connectivity index is 2.01. The maximum atomic E-state index is 5.33. The van der Waals surface area contributed by atoms with Gasteiger partial charge in [-0.1, -0.05) is 0 Å². The predicted octanol–water partition coefficient (Wildman–Crippen LogP) is 1.43. The molecule has 3 aromatic rings. The molecular weight excluding hydrogens is 280 g/mol. The molecule has 3 rings (SSSR count). The highest BCUT2D eigenvalue weighted by atomic mass is 16.5. The van der Waals surface area contributed by atoms with E-state index in [1.54, 1.807) is 24.0 Å². The van der Waals surface area contributed by atoms with Crippen molar-refractivity contribution in [2.75, 3.05) is 32.6 Å². The zero-order valence-electron chi connectivity index (χ0n) is 12.6. The number of aromatic nitrogens is 4. The van der Waals surface area contributed by atoms with Crippen molar-refractivity contribution in [2.45, 2.75) is 0 Å². The number of nitrogens with zero attached hydrogens (tertiary/aromatic N) is 4. The third-order valence-corrected chi connectivity index (χ3v) is 3.30. The highest BCUT2D eigenvalue weighted by Crippen LogP contribution is 2.30. The topological polar surface area (TPSA) is 76.4 Å². The van der Waals surface area contributed by atoms with Crippen molar-refractivity contribution in [3.8, 4) is 17.0 Å². The first-order chi connectivity index (χ1) is 10.8. The van der Waals surface area contributed by atoms with Crippen LogP contribution in [0.25, 0.3) is 16.8 Å². The van der Waals surface area contributed by atoms with Gasteiger partial charge in [0.15, 0.2) is 5.65 Å². The minimum atomic E-state index is 0.563. The van der Waals surface area contributed by atoms with Gasteiger partial charge in [0.05, 0.1) is 18.9 Å². The number of rotatable bonds is 6. The SMILES string of the molecule is CNCCNc1ccn2ncc(-c3cccnc3OC)c2n1. The van der Waals surface area contributed by atoms with Gasteiger partial charge in [0.25, 0.3) is 0 Å². The van der Waals surface area contributed by atoms with Crippen LogP contribution in [0.4, 0.5) is 5.82 Å². The molecule has 114 valence electrons. The lowest BCUT2D eigenvalue weighted by Gasteiger charge is -2.07. The summed E-state index contributed by atoms with van der Waals surface area (Å²) in [6.07, 6.45) is 5.36. The first-order valence-corrected chi connectivity index (χ1v) is 7.05. The van der Waals surface area contributed by atoms with Crippen LogP contribution in [0.1, 0.15) is 0 Å². The monoisotopic (exact) mass is 298 g/mol. The summed E-state index contributed by atoms with van der Waals surface area (Å²) < 4.78 is 7.07. The Kier molecular flexibility index (Phi) is 4.15. The van der Waals surface area contributed by atoms with Crippen LogP contribution in [-0.4, -0.2) is 46.8 Å². The lowest BCUT2D eigenvalue weighted by molar-refractivity contribution is 0.400. The van der Waals surface area contributed by atoms with Crippen molar-refractivity contribution >= 4 is 11.5 Å². The zero-order valence-corrected chi connectivity index (χ0v) is 12.6. The summed E-state index contributed by atoms with van der Waals surface area (Å²) in [6, 6.07) is 5.72. The van der Waals surface area contributed by atoms with Crippen molar-refractivity contribution in [3.63, 3.8) is 0 Å². The van der Waals surface area contributed by atoms with Gasteiger partial charge in [-0.3, -0.25) is 0 Å². The van der Waals surface area contributed by atoms with E-state index in [1.807, 2.05) is 31.4 Å². The number of anilines is 1. The molecule has 0 aliphatic heterocycles. The third kappa shape index (κ3) is 2.71. The maximum Gasteiger partial charge on any atom is 0.221 e. The molecule has 0 amide bonds. The normalized spacial score (nSPS) is 10.8. The van der Waals surface area contributed by atoms with Crippen LogP contribution in [0.5, 0.6) is 5.88 Å². The molecule has 0 spiro atoms. The molecule has 0 radical (unpaired) electrons. The predicted molar refractivity (Wildman–Crippen MR) is 85.2 cm³/mol. The summed E-state index contributed by atoms with van der Waals surface area (Å²) in [5.41, 5.74) is 2.53. The number of hydrogen-bond acceptors (Lipinski definition) is 6. The van der Waals surface area contributed by atoms with Crippen LogP contribution in [-0.2, 0) is 0 Å². The molecule has 0 aliphatic carbocycles. The molecule has 7 nitrogen and oxygen atoms in total. The van der Waals surface area contributed by atoms with Gasteiger partial charge in [0.2, 0.25) is 5.88 Å². The van der Waals surface area contributed by atoms with Gasteiger partial charge in [0.1, 0.15) is 5.82 Å². The average molecular weight is 298 g/mol. The zero-order chi connectivity index (χ0) is 15.4. The van der Waals surface area contributed by atoms with E-state index in [0.717, 1.165) is 35.7 Å². The second-order valence-electron chi connectivity index (χ2n) is 4.73. The summed E-state index contributed by atoms with van der Waals surface area (Å²) in [7, 11) is 3.53. The first kappa shape index (κ1) is 14.3.